The van der Waals surface area contributed by atoms with E-state index in [4.69, 9.17) is 11.5 Å². The second kappa shape index (κ2) is 3.30. The van der Waals surface area contributed by atoms with E-state index in [0.717, 1.165) is 25.7 Å². The minimum atomic E-state index is -0.458. The average molecular weight is 172 g/mol. The van der Waals surface area contributed by atoms with Gasteiger partial charge >= 0.3 is 0 Å². The van der Waals surface area contributed by atoms with Gasteiger partial charge in [0.1, 0.15) is 0 Å². The van der Waals surface area contributed by atoms with Crippen molar-refractivity contribution in [3.05, 3.63) is 0 Å². The van der Waals surface area contributed by atoms with E-state index in [-0.39, 0.29) is 0 Å². The van der Waals surface area contributed by atoms with Gasteiger partial charge in [-0.3, -0.25) is 10.6 Å². The number of hydrogen-bond acceptors (Lipinski definition) is 4. The van der Waals surface area contributed by atoms with E-state index in [1.54, 1.807) is 0 Å². The number of nitrogens with one attached hydrogen (secondary N) is 2. The summed E-state index contributed by atoms with van der Waals surface area (Å²) in [5, 5.41) is 6.22. The molecule has 4 heteroatoms. The Morgan fingerprint density at radius 2 is 1.25 bits per heavy atom. The summed E-state index contributed by atoms with van der Waals surface area (Å²) in [6.45, 7) is 0. The zero-order valence-corrected chi connectivity index (χ0v) is 7.98. The highest BCUT2D eigenvalue weighted by Gasteiger charge is 2.45. The largest absolute Gasteiger partial charge is 0.311 e. The first kappa shape index (κ1) is 9.92. The number of hydrogen-bond donors (Lipinski definition) is 4. The van der Waals surface area contributed by atoms with Crippen molar-refractivity contribution in [3.8, 4) is 0 Å². The number of nitrogens with two attached hydrogens (primary N) is 2. The molecule has 0 bridgehead atoms. The molecule has 4 nitrogen and oxygen atoms in total. The van der Waals surface area contributed by atoms with E-state index < -0.39 is 11.3 Å². The molecule has 0 saturated heterocycles. The Morgan fingerprint density at radius 1 is 0.917 bits per heavy atom. The second-order valence-corrected chi connectivity index (χ2v) is 3.65. The van der Waals surface area contributed by atoms with Crippen LogP contribution < -0.4 is 22.1 Å². The Balaban J connectivity index is 2.79. The molecule has 72 valence electrons. The van der Waals surface area contributed by atoms with Crippen LogP contribution in [0.4, 0.5) is 0 Å². The predicted molar refractivity (Wildman–Crippen MR) is 50.4 cm³/mol. The predicted octanol–water partition coefficient (Wildman–Crippen LogP) is -0.691. The van der Waals surface area contributed by atoms with Crippen molar-refractivity contribution in [2.75, 3.05) is 14.1 Å². The Morgan fingerprint density at radius 3 is 1.50 bits per heavy atom. The summed E-state index contributed by atoms with van der Waals surface area (Å²) in [5.41, 5.74) is 11.4. The van der Waals surface area contributed by atoms with Gasteiger partial charge in [-0.2, -0.15) is 0 Å². The summed E-state index contributed by atoms with van der Waals surface area (Å²) in [7, 11) is 3.73. The molecule has 0 spiro atoms. The van der Waals surface area contributed by atoms with Gasteiger partial charge in [0, 0.05) is 0 Å². The molecule has 0 aromatic rings. The van der Waals surface area contributed by atoms with Crippen molar-refractivity contribution in [3.63, 3.8) is 0 Å². The third-order valence-electron chi connectivity index (χ3n) is 3.08. The fourth-order valence-corrected chi connectivity index (χ4v) is 1.95. The highest BCUT2D eigenvalue weighted by atomic mass is 15.3. The Bertz CT molecular complexity index is 143. The van der Waals surface area contributed by atoms with Gasteiger partial charge in [-0.15, -0.1) is 0 Å². The molecule has 2 unspecified atom stereocenters. The first-order valence-electron chi connectivity index (χ1n) is 4.53. The lowest BCUT2D eigenvalue weighted by molar-refractivity contribution is 0.0955. The molecule has 0 radical (unpaired) electrons. The SMILES string of the molecule is CNC1(N)CCCCC1(N)NC. The van der Waals surface area contributed by atoms with E-state index in [9.17, 15) is 0 Å². The minimum Gasteiger partial charge on any atom is -0.311 e. The van der Waals surface area contributed by atoms with Crippen molar-refractivity contribution >= 4 is 0 Å². The van der Waals surface area contributed by atoms with Crippen LogP contribution in [0.1, 0.15) is 25.7 Å². The van der Waals surface area contributed by atoms with Crippen LogP contribution in [0, 0.1) is 0 Å². The zero-order chi connectivity index (χ0) is 9.24. The molecule has 2 atom stereocenters. The quantitative estimate of drug-likeness (QED) is 0.416. The summed E-state index contributed by atoms with van der Waals surface area (Å²) >= 11 is 0. The van der Waals surface area contributed by atoms with Gasteiger partial charge in [0.2, 0.25) is 0 Å². The van der Waals surface area contributed by atoms with Crippen LogP contribution in [0.25, 0.3) is 0 Å². The lowest BCUT2D eigenvalue weighted by Crippen LogP contribution is -2.78. The summed E-state index contributed by atoms with van der Waals surface area (Å²) < 4.78 is 0. The zero-order valence-electron chi connectivity index (χ0n) is 7.98. The van der Waals surface area contributed by atoms with Crippen molar-refractivity contribution in [1.29, 1.82) is 0 Å². The smallest absolute Gasteiger partial charge is 0.0980 e. The molecule has 1 rings (SSSR count). The molecule has 6 N–H and O–H groups in total. The molecule has 0 heterocycles. The maximum absolute atomic E-state index is 6.15. The van der Waals surface area contributed by atoms with Crippen LogP contribution in [-0.2, 0) is 0 Å². The summed E-state index contributed by atoms with van der Waals surface area (Å²) in [6.07, 6.45) is 4.16. The Kier molecular flexibility index (Phi) is 2.73. The second-order valence-electron chi connectivity index (χ2n) is 3.65. The maximum atomic E-state index is 6.15. The fraction of sp³-hybridized carbons (Fsp3) is 1.00. The van der Waals surface area contributed by atoms with Gasteiger partial charge in [-0.1, -0.05) is 12.8 Å². The molecule has 1 aliphatic carbocycles. The lowest BCUT2D eigenvalue weighted by atomic mass is 9.79. The molecule has 0 aromatic heterocycles. The monoisotopic (exact) mass is 172 g/mol. The van der Waals surface area contributed by atoms with E-state index in [0.29, 0.717) is 0 Å². The molecule has 12 heavy (non-hydrogen) atoms. The highest BCUT2D eigenvalue weighted by Crippen LogP contribution is 2.29. The van der Waals surface area contributed by atoms with Crippen molar-refractivity contribution < 1.29 is 0 Å². The molecule has 1 saturated carbocycles. The summed E-state index contributed by atoms with van der Waals surface area (Å²) in [4.78, 5) is 0. The van der Waals surface area contributed by atoms with Crippen LogP contribution in [0.2, 0.25) is 0 Å². The van der Waals surface area contributed by atoms with Gasteiger partial charge in [-0.05, 0) is 26.9 Å². The van der Waals surface area contributed by atoms with E-state index >= 15 is 0 Å². The van der Waals surface area contributed by atoms with Crippen LogP contribution in [0.15, 0.2) is 0 Å². The van der Waals surface area contributed by atoms with Gasteiger partial charge in [-0.25, -0.2) is 0 Å². The first-order chi connectivity index (χ1) is 5.58. The van der Waals surface area contributed by atoms with Gasteiger partial charge in [0.05, 0.1) is 11.3 Å². The van der Waals surface area contributed by atoms with Crippen molar-refractivity contribution in [2.45, 2.75) is 37.0 Å². The fourth-order valence-electron chi connectivity index (χ4n) is 1.95. The maximum Gasteiger partial charge on any atom is 0.0980 e. The molecular formula is C8H20N4. The van der Waals surface area contributed by atoms with E-state index in [1.807, 2.05) is 14.1 Å². The standard InChI is InChI=1S/C8H20N4/c1-11-7(9)5-3-4-6-8(7,10)12-2/h11-12H,3-6,9-10H2,1-2H3. The normalized spacial score (nSPS) is 43.0. The van der Waals surface area contributed by atoms with E-state index in [1.165, 1.54) is 0 Å². The van der Waals surface area contributed by atoms with Gasteiger partial charge in [0.15, 0.2) is 0 Å². The number of likely N-dealkylation sites (N-methyl/N-ethyl adjacent to an activating group) is 2. The van der Waals surface area contributed by atoms with Crippen LogP contribution >= 0.6 is 0 Å². The third kappa shape index (κ3) is 1.35. The third-order valence-corrected chi connectivity index (χ3v) is 3.08. The lowest BCUT2D eigenvalue weighted by Gasteiger charge is -2.49. The topological polar surface area (TPSA) is 76.1 Å². The average Bonchev–Trinajstić information content (AvgIpc) is 2.10. The van der Waals surface area contributed by atoms with Crippen molar-refractivity contribution in [2.24, 2.45) is 11.5 Å². The Labute approximate surface area is 74.1 Å². The summed E-state index contributed by atoms with van der Waals surface area (Å²) in [5.74, 6) is 0. The Hall–Kier alpha value is -0.160. The van der Waals surface area contributed by atoms with Crippen molar-refractivity contribution in [1.82, 2.24) is 10.6 Å². The number of rotatable bonds is 2. The molecule has 0 aromatic carbocycles. The van der Waals surface area contributed by atoms with Crippen LogP contribution in [0.3, 0.4) is 0 Å². The minimum absolute atomic E-state index is 0.458. The van der Waals surface area contributed by atoms with Gasteiger partial charge < -0.3 is 11.5 Å². The van der Waals surface area contributed by atoms with E-state index in [2.05, 4.69) is 10.6 Å². The van der Waals surface area contributed by atoms with Crippen LogP contribution in [-0.4, -0.2) is 25.4 Å². The summed E-state index contributed by atoms with van der Waals surface area (Å²) in [6, 6.07) is 0. The highest BCUT2D eigenvalue weighted by molar-refractivity contribution is 5.04. The molecular weight excluding hydrogens is 152 g/mol. The van der Waals surface area contributed by atoms with Crippen LogP contribution in [0.5, 0.6) is 0 Å². The molecule has 1 fully saturated rings. The van der Waals surface area contributed by atoms with Gasteiger partial charge in [0.25, 0.3) is 0 Å². The first-order valence-corrected chi connectivity index (χ1v) is 4.53. The molecule has 1 aliphatic rings. The molecule has 0 amide bonds. The molecule has 0 aliphatic heterocycles.